The summed E-state index contributed by atoms with van der Waals surface area (Å²) in [5, 5.41) is 5.52. The number of nitrogens with zero attached hydrogens (tertiary/aromatic N) is 4. The van der Waals surface area contributed by atoms with Gasteiger partial charge in [-0.3, -0.25) is 20.2 Å². The van der Waals surface area contributed by atoms with Gasteiger partial charge in [0, 0.05) is 50.5 Å². The first kappa shape index (κ1) is 17.4. The van der Waals surface area contributed by atoms with Crippen molar-refractivity contribution in [1.29, 1.82) is 0 Å². The fraction of sp³-hybridized carbons (Fsp3) is 0.250. The van der Waals surface area contributed by atoms with Gasteiger partial charge < -0.3 is 4.84 Å². The molecule has 0 bridgehead atoms. The lowest BCUT2D eigenvalue weighted by Crippen LogP contribution is -2.46. The molecule has 1 amide bonds. The van der Waals surface area contributed by atoms with Crippen LogP contribution >= 0.6 is 0 Å². The lowest BCUT2D eigenvalue weighted by Gasteiger charge is -2.33. The molecule has 0 aliphatic carbocycles. The Morgan fingerprint density at radius 3 is 2.74 bits per heavy atom. The van der Waals surface area contributed by atoms with Crippen molar-refractivity contribution in [2.75, 3.05) is 31.5 Å². The highest BCUT2D eigenvalue weighted by atomic mass is 16.7. The number of hydrogen-bond donors (Lipinski definition) is 1. The molecule has 0 atom stereocenters. The van der Waals surface area contributed by atoms with Crippen LogP contribution in [0.15, 0.2) is 61.1 Å². The first-order valence-electron chi connectivity index (χ1n) is 8.96. The molecule has 0 unspecified atom stereocenters. The van der Waals surface area contributed by atoms with Gasteiger partial charge in [0.2, 0.25) is 0 Å². The van der Waals surface area contributed by atoms with Crippen LogP contribution < -0.4 is 5.32 Å². The zero-order valence-corrected chi connectivity index (χ0v) is 14.9. The number of carbonyl (C=O) groups excluding carboxylic acids is 1. The van der Waals surface area contributed by atoms with Crippen molar-refractivity contribution in [1.82, 2.24) is 19.9 Å². The van der Waals surface area contributed by atoms with Gasteiger partial charge in [0.1, 0.15) is 0 Å². The highest BCUT2D eigenvalue weighted by Gasteiger charge is 2.20. The standard InChI is InChI=1S/C20H21N5O2/c26-20(23-18-5-3-7-21-14-18)27-25-10-8-24(9-11-25)15-16-12-17-4-1-2-6-19(17)22-13-16/h1-7,12-14H,8-11,15H2,(H,23,26). The molecule has 4 rings (SSSR count). The number of aromatic nitrogens is 2. The zero-order valence-electron chi connectivity index (χ0n) is 14.9. The Kier molecular flexibility index (Phi) is 5.22. The van der Waals surface area contributed by atoms with Gasteiger partial charge in [-0.15, -0.1) is 5.06 Å². The number of para-hydroxylation sites is 1. The summed E-state index contributed by atoms with van der Waals surface area (Å²) in [6.07, 6.45) is 4.68. The smallest absolute Gasteiger partial charge is 0.351 e. The van der Waals surface area contributed by atoms with Crippen molar-refractivity contribution in [3.8, 4) is 0 Å². The van der Waals surface area contributed by atoms with Crippen molar-refractivity contribution in [3.05, 3.63) is 66.6 Å². The maximum Gasteiger partial charge on any atom is 0.430 e. The van der Waals surface area contributed by atoms with Gasteiger partial charge >= 0.3 is 6.09 Å². The van der Waals surface area contributed by atoms with Crippen LogP contribution in [-0.2, 0) is 11.4 Å². The largest absolute Gasteiger partial charge is 0.430 e. The second-order valence-electron chi connectivity index (χ2n) is 6.49. The molecule has 27 heavy (non-hydrogen) atoms. The molecule has 1 aliphatic heterocycles. The van der Waals surface area contributed by atoms with Gasteiger partial charge in [0.15, 0.2) is 0 Å². The zero-order chi connectivity index (χ0) is 18.5. The van der Waals surface area contributed by atoms with Crippen LogP contribution in [0.25, 0.3) is 10.9 Å². The normalized spacial score (nSPS) is 15.6. The highest BCUT2D eigenvalue weighted by molar-refractivity contribution is 5.84. The Bertz CT molecular complexity index is 910. The molecule has 3 heterocycles. The van der Waals surface area contributed by atoms with Crippen LogP contribution in [0.3, 0.4) is 0 Å². The number of benzene rings is 1. The Balaban J connectivity index is 1.26. The van der Waals surface area contributed by atoms with Crippen LogP contribution in [0.5, 0.6) is 0 Å². The molecule has 1 aromatic carbocycles. The quantitative estimate of drug-likeness (QED) is 0.769. The van der Waals surface area contributed by atoms with E-state index in [2.05, 4.69) is 32.3 Å². The number of hydroxylamine groups is 2. The van der Waals surface area contributed by atoms with Crippen molar-refractivity contribution in [3.63, 3.8) is 0 Å². The van der Waals surface area contributed by atoms with Crippen LogP contribution in [0.2, 0.25) is 0 Å². The number of amides is 1. The molecule has 1 aliphatic rings. The number of hydrogen-bond acceptors (Lipinski definition) is 6. The van der Waals surface area contributed by atoms with Gasteiger partial charge in [-0.2, -0.15) is 0 Å². The first-order chi connectivity index (χ1) is 13.3. The summed E-state index contributed by atoms with van der Waals surface area (Å²) in [4.78, 5) is 28.1. The topological polar surface area (TPSA) is 70.6 Å². The van der Waals surface area contributed by atoms with E-state index in [-0.39, 0.29) is 0 Å². The van der Waals surface area contributed by atoms with Gasteiger partial charge in [0.25, 0.3) is 0 Å². The first-order valence-corrected chi connectivity index (χ1v) is 8.96. The summed E-state index contributed by atoms with van der Waals surface area (Å²) in [6.45, 7) is 3.83. The summed E-state index contributed by atoms with van der Waals surface area (Å²) in [6, 6.07) is 13.8. The van der Waals surface area contributed by atoms with Crippen molar-refractivity contribution in [2.24, 2.45) is 0 Å². The number of carbonyl (C=O) groups is 1. The van der Waals surface area contributed by atoms with E-state index in [0.717, 1.165) is 30.5 Å². The Labute approximate surface area is 157 Å². The monoisotopic (exact) mass is 363 g/mol. The van der Waals surface area contributed by atoms with Gasteiger partial charge in [-0.25, -0.2) is 4.79 Å². The number of rotatable bonds is 4. The van der Waals surface area contributed by atoms with Crippen LogP contribution in [-0.4, -0.2) is 52.2 Å². The summed E-state index contributed by atoms with van der Waals surface area (Å²) in [5.74, 6) is 0. The molecule has 1 saturated heterocycles. The SMILES string of the molecule is O=C(Nc1cccnc1)ON1CCN(Cc2cnc3ccccc3c2)CC1. The number of pyridine rings is 2. The Morgan fingerprint density at radius 1 is 1.07 bits per heavy atom. The Morgan fingerprint density at radius 2 is 1.93 bits per heavy atom. The summed E-state index contributed by atoms with van der Waals surface area (Å²) < 4.78 is 0. The van der Waals surface area contributed by atoms with E-state index in [4.69, 9.17) is 4.84 Å². The number of fused-ring (bicyclic) bond motifs is 1. The van der Waals surface area contributed by atoms with Gasteiger partial charge in [0.05, 0.1) is 17.4 Å². The number of nitrogens with one attached hydrogen (secondary N) is 1. The predicted molar refractivity (Wildman–Crippen MR) is 103 cm³/mol. The maximum absolute atomic E-state index is 12.0. The van der Waals surface area contributed by atoms with Crippen molar-refractivity contribution >= 4 is 22.7 Å². The molecular formula is C20H21N5O2. The van der Waals surface area contributed by atoms with Crippen molar-refractivity contribution in [2.45, 2.75) is 6.54 Å². The van der Waals surface area contributed by atoms with Gasteiger partial charge in [-0.1, -0.05) is 18.2 Å². The average molecular weight is 363 g/mol. The molecule has 7 nitrogen and oxygen atoms in total. The molecular weight excluding hydrogens is 342 g/mol. The number of anilines is 1. The van der Waals surface area contributed by atoms with Crippen molar-refractivity contribution < 1.29 is 9.63 Å². The Hall–Kier alpha value is -3.03. The second-order valence-corrected chi connectivity index (χ2v) is 6.49. The molecule has 1 fully saturated rings. The molecule has 0 spiro atoms. The fourth-order valence-electron chi connectivity index (χ4n) is 3.13. The van der Waals surface area contributed by atoms with E-state index < -0.39 is 6.09 Å². The third-order valence-corrected chi connectivity index (χ3v) is 4.50. The minimum absolute atomic E-state index is 0.491. The molecule has 2 aromatic heterocycles. The fourth-order valence-corrected chi connectivity index (χ4v) is 3.13. The predicted octanol–water partition coefficient (Wildman–Crippen LogP) is 2.91. The minimum Gasteiger partial charge on any atom is -0.351 e. The van der Waals surface area contributed by atoms with E-state index in [1.165, 1.54) is 5.56 Å². The van der Waals surface area contributed by atoms with E-state index in [1.807, 2.05) is 24.4 Å². The molecule has 1 N–H and O–H groups in total. The van der Waals surface area contributed by atoms with Crippen LogP contribution in [0.1, 0.15) is 5.56 Å². The van der Waals surface area contributed by atoms with E-state index in [0.29, 0.717) is 18.8 Å². The molecule has 138 valence electrons. The lowest BCUT2D eigenvalue weighted by molar-refractivity contribution is -0.119. The van der Waals surface area contributed by atoms with Crippen LogP contribution in [0, 0.1) is 0 Å². The molecule has 0 saturated carbocycles. The average Bonchev–Trinajstić information content (AvgIpc) is 2.70. The molecule has 0 radical (unpaired) electrons. The molecule has 7 heteroatoms. The third kappa shape index (κ3) is 4.58. The summed E-state index contributed by atoms with van der Waals surface area (Å²) >= 11 is 0. The third-order valence-electron chi connectivity index (χ3n) is 4.50. The van der Waals surface area contributed by atoms with E-state index in [9.17, 15) is 4.79 Å². The summed E-state index contributed by atoms with van der Waals surface area (Å²) in [5.41, 5.74) is 2.82. The second kappa shape index (κ2) is 8.11. The summed E-state index contributed by atoms with van der Waals surface area (Å²) in [7, 11) is 0. The lowest BCUT2D eigenvalue weighted by atomic mass is 10.1. The van der Waals surface area contributed by atoms with Gasteiger partial charge in [-0.05, 0) is 29.8 Å². The number of piperazine rings is 1. The highest BCUT2D eigenvalue weighted by Crippen LogP contribution is 2.15. The molecule has 3 aromatic rings. The minimum atomic E-state index is -0.491. The van der Waals surface area contributed by atoms with Crippen LogP contribution in [0.4, 0.5) is 10.5 Å². The maximum atomic E-state index is 12.0. The van der Waals surface area contributed by atoms with E-state index in [1.54, 1.807) is 29.6 Å². The van der Waals surface area contributed by atoms with E-state index >= 15 is 0 Å².